The molecule has 1 N–H and O–H groups in total. The second-order valence-electron chi connectivity index (χ2n) is 4.91. The quantitative estimate of drug-likeness (QED) is 0.479. The fraction of sp³-hybridized carbons (Fsp3) is 0.900. The molecule has 0 heterocycles. The molecule has 0 aromatic heterocycles. The summed E-state index contributed by atoms with van der Waals surface area (Å²) >= 11 is 0. The lowest BCUT2D eigenvalue weighted by molar-refractivity contribution is -0.402. The zero-order chi connectivity index (χ0) is 23.2. The number of hydrogen-bond donors (Lipinski definition) is 1. The van der Waals surface area contributed by atoms with E-state index in [4.69, 9.17) is 5.11 Å². The Kier molecular flexibility index (Phi) is 6.61. The van der Waals surface area contributed by atoms with Gasteiger partial charge in [-0.2, -0.15) is 65.9 Å². The Labute approximate surface area is 143 Å². The largest absolute Gasteiger partial charge is 0.460 e. The van der Waals surface area contributed by atoms with Crippen LogP contribution in [0.2, 0.25) is 0 Å². The number of rotatable bonds is 6. The molecule has 0 aromatic carbocycles. The summed E-state index contributed by atoms with van der Waals surface area (Å²) in [6.07, 6.45) is -24.2. The normalized spacial score (nSPS) is 15.6. The summed E-state index contributed by atoms with van der Waals surface area (Å²) in [6.45, 7) is -2.22. The van der Waals surface area contributed by atoms with Gasteiger partial charge in [-0.3, -0.25) is 0 Å². The predicted octanol–water partition coefficient (Wildman–Crippen LogP) is 4.24. The number of carbonyl (C=O) groups is 1. The molecule has 0 aliphatic rings. The summed E-state index contributed by atoms with van der Waals surface area (Å²) in [5.74, 6) is -27.8. The smallest absolute Gasteiger partial charge is 0.435 e. The van der Waals surface area contributed by atoms with Crippen LogP contribution in [-0.4, -0.2) is 59.6 Å². The van der Waals surface area contributed by atoms with Crippen molar-refractivity contribution in [3.05, 3.63) is 0 Å². The zero-order valence-corrected chi connectivity index (χ0v) is 12.3. The molecule has 0 atom stereocenters. The van der Waals surface area contributed by atoms with Gasteiger partial charge in [-0.1, -0.05) is 0 Å². The maximum atomic E-state index is 13.2. The Balaban J connectivity index is 6.39. The lowest BCUT2D eigenvalue weighted by atomic mass is 9.97. The fourth-order valence-electron chi connectivity index (χ4n) is 1.49. The molecule has 0 bridgehead atoms. The molecule has 168 valence electrons. The highest BCUT2D eigenvalue weighted by atomic mass is 19.4. The van der Waals surface area contributed by atoms with Crippen LogP contribution < -0.4 is 0 Å². The van der Waals surface area contributed by atoms with Gasteiger partial charge in [0.15, 0.2) is 0 Å². The topological polar surface area (TPSA) is 46.5 Å². The molecule has 0 aromatic rings. The molecule has 3 nitrogen and oxygen atoms in total. The lowest BCUT2D eigenvalue weighted by Gasteiger charge is -2.38. The third-order valence-corrected chi connectivity index (χ3v) is 3.05. The number of aliphatic hydroxyl groups excluding tert-OH is 1. The molecule has 18 heteroatoms. The molecule has 0 aliphatic heterocycles. The molecule has 0 saturated heterocycles. The van der Waals surface area contributed by atoms with E-state index in [9.17, 15) is 70.7 Å². The van der Waals surface area contributed by atoms with E-state index >= 15 is 0 Å². The van der Waals surface area contributed by atoms with Crippen LogP contribution in [0.4, 0.5) is 65.9 Å². The minimum atomic E-state index is -7.85. The number of carbonyl (C=O) groups excluding carboxylic acids is 1. The van der Waals surface area contributed by atoms with Gasteiger partial charge in [0.05, 0.1) is 0 Å². The summed E-state index contributed by atoms with van der Waals surface area (Å²) < 4.78 is 191. The first-order chi connectivity index (χ1) is 11.9. The molecule has 0 rings (SSSR count). The van der Waals surface area contributed by atoms with Crippen molar-refractivity contribution < 1.29 is 80.5 Å². The maximum Gasteiger partial charge on any atom is 0.460 e. The van der Waals surface area contributed by atoms with Gasteiger partial charge < -0.3 is 9.84 Å². The minimum absolute atomic E-state index is 2.22. The highest BCUT2D eigenvalue weighted by molar-refractivity contribution is 5.80. The number of alkyl halides is 15. The highest BCUT2D eigenvalue weighted by Gasteiger charge is 2.85. The van der Waals surface area contributed by atoms with Gasteiger partial charge in [0.25, 0.3) is 0 Å². The Morgan fingerprint density at radius 1 is 0.643 bits per heavy atom. The Bertz CT molecular complexity index is 556. The van der Waals surface area contributed by atoms with E-state index in [1.807, 2.05) is 0 Å². The van der Waals surface area contributed by atoms with E-state index < -0.39 is 60.9 Å². The first-order valence-corrected chi connectivity index (χ1v) is 6.12. The first kappa shape index (κ1) is 26.4. The fourth-order valence-corrected chi connectivity index (χ4v) is 1.49. The number of esters is 1. The van der Waals surface area contributed by atoms with Crippen molar-refractivity contribution in [1.29, 1.82) is 0 Å². The molecule has 0 amide bonds. The number of aliphatic hydroxyl groups is 1. The van der Waals surface area contributed by atoms with E-state index in [2.05, 4.69) is 4.74 Å². The summed E-state index contributed by atoms with van der Waals surface area (Å²) in [5.41, 5.74) is -6.11. The van der Waals surface area contributed by atoms with Gasteiger partial charge in [-0.05, 0) is 0 Å². The van der Waals surface area contributed by atoms with Crippen molar-refractivity contribution in [3.63, 3.8) is 0 Å². The van der Waals surface area contributed by atoms with Crippen molar-refractivity contribution in [2.24, 2.45) is 0 Å². The lowest BCUT2D eigenvalue weighted by Crippen LogP contribution is -2.67. The molecule has 0 fully saturated rings. The van der Waals surface area contributed by atoms with Crippen LogP contribution in [0, 0.1) is 0 Å². The molecular weight excluding hydrogens is 453 g/mol. The second-order valence-corrected chi connectivity index (χ2v) is 4.91. The molecule has 0 saturated carbocycles. The Hall–Kier alpha value is -1.62. The van der Waals surface area contributed by atoms with Gasteiger partial charge >= 0.3 is 47.9 Å². The van der Waals surface area contributed by atoms with Crippen LogP contribution in [0.1, 0.15) is 6.42 Å². The summed E-state index contributed by atoms with van der Waals surface area (Å²) in [5, 5.41) is 8.24. The number of ether oxygens (including phenoxy) is 1. The third-order valence-electron chi connectivity index (χ3n) is 3.05. The monoisotopic (exact) mass is 458 g/mol. The van der Waals surface area contributed by atoms with E-state index in [1.54, 1.807) is 0 Å². The van der Waals surface area contributed by atoms with Crippen LogP contribution in [0.25, 0.3) is 0 Å². The molecule has 0 radical (unpaired) electrons. The van der Waals surface area contributed by atoms with Crippen molar-refractivity contribution in [1.82, 2.24) is 0 Å². The van der Waals surface area contributed by atoms with Crippen molar-refractivity contribution >= 4 is 5.97 Å². The average Bonchev–Trinajstić information content (AvgIpc) is 2.42. The molecule has 0 aliphatic carbocycles. The summed E-state index contributed by atoms with van der Waals surface area (Å²) in [7, 11) is 0. The maximum absolute atomic E-state index is 13.2. The van der Waals surface area contributed by atoms with Crippen LogP contribution >= 0.6 is 0 Å². The van der Waals surface area contributed by atoms with E-state index in [1.165, 1.54) is 0 Å². The van der Waals surface area contributed by atoms with Crippen molar-refractivity contribution in [3.8, 4) is 0 Å². The van der Waals surface area contributed by atoms with Gasteiger partial charge in [0, 0.05) is 13.0 Å². The Morgan fingerprint density at radius 3 is 1.25 bits per heavy atom. The minimum Gasteiger partial charge on any atom is -0.435 e. The van der Waals surface area contributed by atoms with E-state index in [0.29, 0.717) is 0 Å². The SMILES string of the molecule is O=C(OC(CCO)(C(F)(F)F)C(F)(F)F)C(F)(F)C(F)(F)C(F)(F)C(F)(F)F. The molecule has 0 unspecified atom stereocenters. The van der Waals surface area contributed by atoms with Gasteiger partial charge in [-0.15, -0.1) is 0 Å². The third kappa shape index (κ3) is 3.91. The predicted molar refractivity (Wildman–Crippen MR) is 53.5 cm³/mol. The zero-order valence-electron chi connectivity index (χ0n) is 12.3. The second kappa shape index (κ2) is 7.01. The summed E-state index contributed by atoms with van der Waals surface area (Å²) in [6, 6.07) is 0. The number of halogens is 15. The van der Waals surface area contributed by atoms with Crippen molar-refractivity contribution in [2.75, 3.05) is 6.61 Å². The van der Waals surface area contributed by atoms with Gasteiger partial charge in [-0.25, -0.2) is 4.79 Å². The summed E-state index contributed by atoms with van der Waals surface area (Å²) in [4.78, 5) is 10.8. The Morgan fingerprint density at radius 2 is 1.00 bits per heavy atom. The van der Waals surface area contributed by atoms with Gasteiger partial charge in [0.2, 0.25) is 0 Å². The van der Waals surface area contributed by atoms with Crippen LogP contribution in [0.5, 0.6) is 0 Å². The average molecular weight is 458 g/mol. The van der Waals surface area contributed by atoms with E-state index in [0.717, 1.165) is 0 Å². The first-order valence-electron chi connectivity index (χ1n) is 6.12. The molecular formula is C10H5F15O3. The van der Waals surface area contributed by atoms with Crippen LogP contribution in [-0.2, 0) is 9.53 Å². The standard InChI is InChI=1S/C10H5F15O3/c11-5(12,6(13,14)7(15,16)10(23,24)25)3(27)28-4(1-2-26,8(17,18)19)9(20,21)22/h26H,1-2H2. The highest BCUT2D eigenvalue weighted by Crippen LogP contribution is 2.55. The van der Waals surface area contributed by atoms with E-state index in [-0.39, 0.29) is 0 Å². The van der Waals surface area contributed by atoms with Crippen LogP contribution in [0.15, 0.2) is 0 Å². The number of hydrogen-bond acceptors (Lipinski definition) is 3. The molecule has 28 heavy (non-hydrogen) atoms. The van der Waals surface area contributed by atoms with Crippen molar-refractivity contribution in [2.45, 2.75) is 48.3 Å². The molecule has 0 spiro atoms. The van der Waals surface area contributed by atoms with Crippen LogP contribution in [0.3, 0.4) is 0 Å². The van der Waals surface area contributed by atoms with Gasteiger partial charge in [0.1, 0.15) is 0 Å².